The van der Waals surface area contributed by atoms with E-state index in [1.54, 1.807) is 26.0 Å². The minimum atomic E-state index is -3.25. The molecule has 88 valence electrons. The number of terminal acetylenes is 2. The largest absolute Gasteiger partial charge is 0.336 e. The zero-order valence-electron chi connectivity index (χ0n) is 9.84. The van der Waals surface area contributed by atoms with Gasteiger partial charge in [0.2, 0.25) is 0 Å². The topological polar surface area (TPSA) is 35.5 Å². The Balaban J connectivity index is 4.70. The fourth-order valence-electron chi connectivity index (χ4n) is 0.888. The third kappa shape index (κ3) is 5.79. The molecule has 16 heavy (non-hydrogen) atoms. The van der Waals surface area contributed by atoms with Crippen LogP contribution < -0.4 is 0 Å². The van der Waals surface area contributed by atoms with Crippen molar-refractivity contribution in [1.82, 2.24) is 0 Å². The van der Waals surface area contributed by atoms with Crippen LogP contribution in [0.4, 0.5) is 0 Å². The van der Waals surface area contributed by atoms with Gasteiger partial charge < -0.3 is 0 Å². The molecular formula is C12H17O3P. The molecular weight excluding hydrogens is 223 g/mol. The lowest BCUT2D eigenvalue weighted by atomic mass is 10.4. The minimum Gasteiger partial charge on any atom is -0.292 e. The number of hydrogen-bond donors (Lipinski definition) is 0. The molecule has 0 N–H and O–H groups in total. The summed E-state index contributed by atoms with van der Waals surface area (Å²) in [4.78, 5) is 0. The lowest BCUT2D eigenvalue weighted by Crippen LogP contribution is -2.11. The Bertz CT molecular complexity index is 333. The van der Waals surface area contributed by atoms with Crippen LogP contribution in [0, 0.1) is 24.7 Å². The number of rotatable bonds is 6. The maximum atomic E-state index is 12.2. The van der Waals surface area contributed by atoms with Gasteiger partial charge in [-0.25, -0.2) is 0 Å². The highest BCUT2D eigenvalue weighted by molar-refractivity contribution is 7.54. The van der Waals surface area contributed by atoms with Crippen molar-refractivity contribution < 1.29 is 13.6 Å². The van der Waals surface area contributed by atoms with Crippen molar-refractivity contribution >= 4 is 7.60 Å². The Labute approximate surface area is 97.8 Å². The minimum absolute atomic E-state index is 0.168. The summed E-state index contributed by atoms with van der Waals surface area (Å²) in [6, 6.07) is 0. The summed E-state index contributed by atoms with van der Waals surface area (Å²) >= 11 is 0. The molecule has 0 aromatic rings. The Morgan fingerprint density at radius 2 is 1.69 bits per heavy atom. The van der Waals surface area contributed by atoms with Crippen LogP contribution in [0.15, 0.2) is 12.2 Å². The summed E-state index contributed by atoms with van der Waals surface area (Å²) in [7, 11) is -3.25. The summed E-state index contributed by atoms with van der Waals surface area (Å²) in [5, 5.41) is 0. The average Bonchev–Trinajstić information content (AvgIpc) is 2.25. The van der Waals surface area contributed by atoms with E-state index in [0.717, 1.165) is 0 Å². The molecule has 0 spiro atoms. The molecule has 0 saturated heterocycles. The van der Waals surface area contributed by atoms with Crippen LogP contribution in [0.1, 0.15) is 20.8 Å². The first-order valence-corrected chi connectivity index (χ1v) is 6.69. The van der Waals surface area contributed by atoms with Crippen LogP contribution >= 0.6 is 7.60 Å². The fourth-order valence-corrected chi connectivity index (χ4v) is 2.66. The molecule has 0 aromatic carbocycles. The second-order valence-electron chi connectivity index (χ2n) is 3.19. The van der Waals surface area contributed by atoms with E-state index in [9.17, 15) is 4.57 Å². The predicted octanol–water partition coefficient (Wildman–Crippen LogP) is 2.83. The van der Waals surface area contributed by atoms with Gasteiger partial charge in [-0.05, 0) is 20.8 Å². The van der Waals surface area contributed by atoms with Crippen molar-refractivity contribution in [3.05, 3.63) is 12.2 Å². The zero-order chi connectivity index (χ0) is 12.6. The van der Waals surface area contributed by atoms with Crippen molar-refractivity contribution in [2.75, 3.05) is 6.16 Å². The third-order valence-corrected chi connectivity index (χ3v) is 3.60. The Kier molecular flexibility index (Phi) is 6.86. The van der Waals surface area contributed by atoms with Crippen LogP contribution in [0.25, 0.3) is 0 Å². The zero-order valence-corrected chi connectivity index (χ0v) is 10.7. The van der Waals surface area contributed by atoms with Gasteiger partial charge in [-0.3, -0.25) is 13.6 Å². The van der Waals surface area contributed by atoms with Gasteiger partial charge in [0, 0.05) is 0 Å². The SMILES string of the molecule is C#CC(C)OP(=O)(CC=CC)OC(C)C#C. The molecule has 3 nitrogen and oxygen atoms in total. The Hall–Kier alpha value is -0.990. The first-order chi connectivity index (χ1) is 7.47. The molecule has 0 fully saturated rings. The van der Waals surface area contributed by atoms with Crippen LogP contribution in [-0.2, 0) is 13.6 Å². The highest BCUT2D eigenvalue weighted by Crippen LogP contribution is 2.50. The van der Waals surface area contributed by atoms with Crippen LogP contribution in [0.2, 0.25) is 0 Å². The first-order valence-electron chi connectivity index (χ1n) is 4.96. The Morgan fingerprint density at radius 1 is 1.25 bits per heavy atom. The highest BCUT2D eigenvalue weighted by atomic mass is 31.2. The van der Waals surface area contributed by atoms with E-state index in [-0.39, 0.29) is 6.16 Å². The van der Waals surface area contributed by atoms with E-state index in [1.165, 1.54) is 0 Å². The normalized spacial score (nSPS) is 18.3. The third-order valence-electron chi connectivity index (χ3n) is 1.67. The molecule has 4 heteroatoms. The predicted molar refractivity (Wildman–Crippen MR) is 66.0 cm³/mol. The van der Waals surface area contributed by atoms with Crippen LogP contribution in [-0.4, -0.2) is 18.4 Å². The van der Waals surface area contributed by atoms with E-state index in [4.69, 9.17) is 21.9 Å². The molecule has 0 radical (unpaired) electrons. The van der Waals surface area contributed by atoms with Gasteiger partial charge in [0.1, 0.15) is 12.2 Å². The lowest BCUT2D eigenvalue weighted by Gasteiger charge is -2.20. The van der Waals surface area contributed by atoms with Gasteiger partial charge in [0.15, 0.2) is 0 Å². The molecule has 0 aromatic heterocycles. The van der Waals surface area contributed by atoms with Crippen molar-refractivity contribution in [3.8, 4) is 24.7 Å². The standard InChI is InChI=1S/C12H17O3P/c1-6-9-10-16(13,14-11(4)7-2)15-12(5)8-3/h2-3,6,9,11-12H,10H2,1,4-5H3. The first kappa shape index (κ1) is 15.0. The van der Waals surface area contributed by atoms with E-state index in [1.807, 2.05) is 6.92 Å². The number of allylic oxidation sites excluding steroid dienone is 2. The molecule has 0 bridgehead atoms. The summed E-state index contributed by atoms with van der Waals surface area (Å²) < 4.78 is 22.6. The lowest BCUT2D eigenvalue weighted by molar-refractivity contribution is 0.173. The van der Waals surface area contributed by atoms with Gasteiger partial charge >= 0.3 is 7.60 Å². The van der Waals surface area contributed by atoms with Gasteiger partial charge in [-0.15, -0.1) is 12.8 Å². The van der Waals surface area contributed by atoms with Crippen molar-refractivity contribution in [2.45, 2.75) is 33.0 Å². The summed E-state index contributed by atoms with van der Waals surface area (Å²) in [6.45, 7) is 5.08. The Morgan fingerprint density at radius 3 is 2.00 bits per heavy atom. The van der Waals surface area contributed by atoms with Crippen molar-refractivity contribution in [2.24, 2.45) is 0 Å². The maximum Gasteiger partial charge on any atom is 0.336 e. The summed E-state index contributed by atoms with van der Waals surface area (Å²) in [5.41, 5.74) is 0. The van der Waals surface area contributed by atoms with Gasteiger partial charge in [0.05, 0.1) is 6.16 Å². The van der Waals surface area contributed by atoms with Crippen molar-refractivity contribution in [3.63, 3.8) is 0 Å². The van der Waals surface area contributed by atoms with Crippen LogP contribution in [0.3, 0.4) is 0 Å². The molecule has 0 heterocycles. The van der Waals surface area contributed by atoms with E-state index in [2.05, 4.69) is 11.8 Å². The molecule has 0 aliphatic carbocycles. The number of hydrogen-bond acceptors (Lipinski definition) is 3. The summed E-state index contributed by atoms with van der Waals surface area (Å²) in [5.74, 6) is 4.68. The molecule has 0 rings (SSSR count). The van der Waals surface area contributed by atoms with Gasteiger partial charge in [-0.2, -0.15) is 0 Å². The summed E-state index contributed by atoms with van der Waals surface area (Å²) in [6.07, 6.45) is 12.8. The van der Waals surface area contributed by atoms with Gasteiger partial charge in [-0.1, -0.05) is 24.0 Å². The molecule has 2 unspecified atom stereocenters. The molecule has 2 atom stereocenters. The van der Waals surface area contributed by atoms with Gasteiger partial charge in [0.25, 0.3) is 0 Å². The van der Waals surface area contributed by atoms with E-state index < -0.39 is 19.8 Å². The molecule has 0 aliphatic rings. The second kappa shape index (κ2) is 7.31. The highest BCUT2D eigenvalue weighted by Gasteiger charge is 2.27. The van der Waals surface area contributed by atoms with E-state index >= 15 is 0 Å². The quantitative estimate of drug-likeness (QED) is 0.407. The molecule has 0 amide bonds. The smallest absolute Gasteiger partial charge is 0.292 e. The molecule has 0 aliphatic heterocycles. The van der Waals surface area contributed by atoms with Crippen molar-refractivity contribution in [1.29, 1.82) is 0 Å². The monoisotopic (exact) mass is 240 g/mol. The van der Waals surface area contributed by atoms with E-state index in [0.29, 0.717) is 0 Å². The maximum absolute atomic E-state index is 12.2. The molecule has 0 saturated carbocycles. The van der Waals surface area contributed by atoms with Crippen LogP contribution in [0.5, 0.6) is 0 Å². The fraction of sp³-hybridized carbons (Fsp3) is 0.500. The second-order valence-corrected chi connectivity index (χ2v) is 5.20. The average molecular weight is 240 g/mol.